The molecule has 0 saturated heterocycles. The van der Waals surface area contributed by atoms with E-state index in [2.05, 4.69) is 50.2 Å². The molecular formula is C23H21ClO. The summed E-state index contributed by atoms with van der Waals surface area (Å²) < 4.78 is 6.24. The quantitative estimate of drug-likeness (QED) is 0.319. The van der Waals surface area contributed by atoms with Crippen molar-refractivity contribution in [1.29, 1.82) is 0 Å². The highest BCUT2D eigenvalue weighted by atomic mass is 35.5. The molecule has 0 unspecified atom stereocenters. The lowest BCUT2D eigenvalue weighted by molar-refractivity contribution is 0.653. The minimum Gasteiger partial charge on any atom is -0.455 e. The van der Waals surface area contributed by atoms with Crippen molar-refractivity contribution in [2.45, 2.75) is 33.1 Å². The predicted molar refractivity (Wildman–Crippen MR) is 108 cm³/mol. The normalized spacial score (nSPS) is 14.1. The molecule has 3 aromatic carbocycles. The molecule has 1 nitrogen and oxygen atoms in total. The lowest BCUT2D eigenvalue weighted by Crippen LogP contribution is -2.14. The summed E-state index contributed by atoms with van der Waals surface area (Å²) in [7, 11) is 0. The first-order valence-electron chi connectivity index (χ1n) is 8.82. The Morgan fingerprint density at radius 3 is 2.40 bits per heavy atom. The van der Waals surface area contributed by atoms with Gasteiger partial charge in [-0.2, -0.15) is 0 Å². The van der Waals surface area contributed by atoms with Crippen molar-refractivity contribution in [3.8, 4) is 11.1 Å². The molecule has 0 atom stereocenters. The van der Waals surface area contributed by atoms with Crippen LogP contribution in [-0.2, 0) is 5.41 Å². The van der Waals surface area contributed by atoms with Crippen LogP contribution in [0.4, 0.5) is 0 Å². The summed E-state index contributed by atoms with van der Waals surface area (Å²) in [5.74, 6) is 0. The number of rotatable bonds is 0. The summed E-state index contributed by atoms with van der Waals surface area (Å²) in [4.78, 5) is 0. The van der Waals surface area contributed by atoms with Crippen LogP contribution in [0.2, 0.25) is 5.02 Å². The van der Waals surface area contributed by atoms with E-state index >= 15 is 0 Å². The second-order valence-electron chi connectivity index (χ2n) is 6.78. The molecule has 1 aliphatic carbocycles. The first-order chi connectivity index (χ1) is 12.1. The Morgan fingerprint density at radius 2 is 1.60 bits per heavy atom. The topological polar surface area (TPSA) is 13.1 Å². The van der Waals surface area contributed by atoms with Gasteiger partial charge in [0.25, 0.3) is 0 Å². The summed E-state index contributed by atoms with van der Waals surface area (Å²) in [6.07, 6.45) is 0. The molecule has 25 heavy (non-hydrogen) atoms. The number of hydrogen-bond donors (Lipinski definition) is 0. The molecular weight excluding hydrogens is 328 g/mol. The smallest absolute Gasteiger partial charge is 0.143 e. The van der Waals surface area contributed by atoms with Gasteiger partial charge < -0.3 is 4.42 Å². The van der Waals surface area contributed by atoms with Crippen molar-refractivity contribution in [2.24, 2.45) is 0 Å². The maximum Gasteiger partial charge on any atom is 0.143 e. The fraction of sp³-hybridized carbons (Fsp3) is 0.217. The monoisotopic (exact) mass is 348 g/mol. The highest BCUT2D eigenvalue weighted by molar-refractivity contribution is 6.30. The first-order valence-corrected chi connectivity index (χ1v) is 9.20. The van der Waals surface area contributed by atoms with Gasteiger partial charge in [0.05, 0.1) is 0 Å². The number of furan rings is 1. The van der Waals surface area contributed by atoms with Crippen LogP contribution in [0, 0.1) is 0 Å². The van der Waals surface area contributed by atoms with Crippen molar-refractivity contribution in [1.82, 2.24) is 0 Å². The molecule has 0 N–H and O–H groups in total. The second kappa shape index (κ2) is 5.64. The van der Waals surface area contributed by atoms with Crippen molar-refractivity contribution < 1.29 is 4.42 Å². The summed E-state index contributed by atoms with van der Waals surface area (Å²) >= 11 is 6.25. The van der Waals surface area contributed by atoms with Crippen molar-refractivity contribution in [2.75, 3.05) is 0 Å². The van der Waals surface area contributed by atoms with E-state index in [1.54, 1.807) is 0 Å². The van der Waals surface area contributed by atoms with E-state index in [1.165, 1.54) is 33.0 Å². The molecule has 1 aliphatic rings. The van der Waals surface area contributed by atoms with Gasteiger partial charge in [0.1, 0.15) is 11.2 Å². The number of para-hydroxylation sites is 1. The Labute approximate surface area is 153 Å². The van der Waals surface area contributed by atoms with Crippen LogP contribution in [0.1, 0.15) is 38.8 Å². The van der Waals surface area contributed by atoms with Gasteiger partial charge in [-0.3, -0.25) is 0 Å². The number of halogens is 1. The minimum atomic E-state index is -0.0667. The molecule has 5 rings (SSSR count). The Balaban J connectivity index is 0.000000758. The molecule has 0 amide bonds. The summed E-state index contributed by atoms with van der Waals surface area (Å²) in [6.45, 7) is 8.50. The third-order valence-corrected chi connectivity index (χ3v) is 5.38. The van der Waals surface area contributed by atoms with E-state index < -0.39 is 0 Å². The maximum absolute atomic E-state index is 6.25. The largest absolute Gasteiger partial charge is 0.455 e. The summed E-state index contributed by atoms with van der Waals surface area (Å²) in [6, 6.07) is 18.8. The maximum atomic E-state index is 6.25. The highest BCUT2D eigenvalue weighted by Gasteiger charge is 2.37. The Bertz CT molecular complexity index is 1100. The summed E-state index contributed by atoms with van der Waals surface area (Å²) in [5.41, 5.74) is 6.89. The van der Waals surface area contributed by atoms with Crippen LogP contribution in [-0.4, -0.2) is 0 Å². The molecule has 0 radical (unpaired) electrons. The average molecular weight is 349 g/mol. The van der Waals surface area contributed by atoms with Crippen molar-refractivity contribution in [3.63, 3.8) is 0 Å². The molecule has 1 heterocycles. The van der Waals surface area contributed by atoms with E-state index in [9.17, 15) is 0 Å². The van der Waals surface area contributed by atoms with Crippen LogP contribution >= 0.6 is 11.6 Å². The molecule has 1 aromatic heterocycles. The Kier molecular flexibility index (Phi) is 3.66. The molecule has 0 spiro atoms. The van der Waals surface area contributed by atoms with Gasteiger partial charge in [0.15, 0.2) is 0 Å². The van der Waals surface area contributed by atoms with Crippen molar-refractivity contribution in [3.05, 3.63) is 70.7 Å². The molecule has 0 fully saturated rings. The third-order valence-electron chi connectivity index (χ3n) is 5.14. The second-order valence-corrected chi connectivity index (χ2v) is 7.21. The fourth-order valence-corrected chi connectivity index (χ4v) is 4.15. The number of fused-ring (bicyclic) bond motifs is 7. The van der Waals surface area contributed by atoms with Gasteiger partial charge in [0, 0.05) is 26.8 Å². The van der Waals surface area contributed by atoms with Crippen LogP contribution in [0.15, 0.2) is 59.0 Å². The summed E-state index contributed by atoms with van der Waals surface area (Å²) in [5, 5.41) is 3.13. The number of benzene rings is 3. The van der Waals surface area contributed by atoms with Gasteiger partial charge in [-0.05, 0) is 34.9 Å². The van der Waals surface area contributed by atoms with Gasteiger partial charge in [0.2, 0.25) is 0 Å². The standard InChI is InChI=1S/C21H15ClO.C2H6/c1-21(2)16-10-9-14-13-5-3-4-6-18(13)23-20(14)19(16)15-8-7-12(22)11-17(15)21;1-2/h3-11H,1-2H3;1-2H3. The average Bonchev–Trinajstić information content (AvgIpc) is 3.11. The predicted octanol–water partition coefficient (Wildman–Crippen LogP) is 7.57. The van der Waals surface area contributed by atoms with Gasteiger partial charge >= 0.3 is 0 Å². The Morgan fingerprint density at radius 1 is 0.840 bits per heavy atom. The molecule has 2 heteroatoms. The lowest BCUT2D eigenvalue weighted by atomic mass is 9.82. The molecule has 0 saturated carbocycles. The van der Waals surface area contributed by atoms with E-state index in [-0.39, 0.29) is 5.41 Å². The Hall–Kier alpha value is -2.25. The fourth-order valence-electron chi connectivity index (χ4n) is 3.97. The van der Waals surface area contributed by atoms with Gasteiger partial charge in [-0.25, -0.2) is 0 Å². The van der Waals surface area contributed by atoms with Crippen LogP contribution in [0.5, 0.6) is 0 Å². The zero-order valence-corrected chi connectivity index (χ0v) is 15.7. The molecule has 0 aliphatic heterocycles. The van der Waals surface area contributed by atoms with E-state index in [1.807, 2.05) is 32.0 Å². The SMILES string of the molecule is CC.CC1(C)c2cc(Cl)ccc2-c2c1ccc1c2oc2ccccc21. The van der Waals surface area contributed by atoms with Crippen LogP contribution in [0.25, 0.3) is 33.1 Å². The lowest BCUT2D eigenvalue weighted by Gasteiger charge is -2.21. The van der Waals surface area contributed by atoms with E-state index in [4.69, 9.17) is 16.0 Å². The van der Waals surface area contributed by atoms with Gasteiger partial charge in [-0.1, -0.05) is 75.7 Å². The number of hydrogen-bond acceptors (Lipinski definition) is 1. The van der Waals surface area contributed by atoms with Crippen LogP contribution in [0.3, 0.4) is 0 Å². The van der Waals surface area contributed by atoms with E-state index in [0.29, 0.717) is 0 Å². The first kappa shape index (κ1) is 16.2. The minimum absolute atomic E-state index is 0.0667. The van der Waals surface area contributed by atoms with Crippen LogP contribution < -0.4 is 0 Å². The molecule has 0 bridgehead atoms. The van der Waals surface area contributed by atoms with Gasteiger partial charge in [-0.15, -0.1) is 0 Å². The zero-order chi connectivity index (χ0) is 17.8. The molecule has 4 aromatic rings. The third kappa shape index (κ3) is 2.15. The van der Waals surface area contributed by atoms with E-state index in [0.717, 1.165) is 16.2 Å². The highest BCUT2D eigenvalue weighted by Crippen LogP contribution is 2.52. The molecule has 126 valence electrons. The zero-order valence-electron chi connectivity index (χ0n) is 15.0. The van der Waals surface area contributed by atoms with Crippen molar-refractivity contribution >= 4 is 33.5 Å².